The van der Waals surface area contributed by atoms with Gasteiger partial charge in [0.2, 0.25) is 0 Å². The first kappa shape index (κ1) is 12.9. The molecule has 0 amide bonds. The maximum atomic E-state index is 10.8. The minimum absolute atomic E-state index is 0.0228. The second-order valence-electron chi connectivity index (χ2n) is 4.06. The Hall–Kier alpha value is -2.56. The fourth-order valence-corrected chi connectivity index (χ4v) is 1.65. The highest BCUT2D eigenvalue weighted by molar-refractivity contribution is 5.85. The van der Waals surface area contributed by atoms with E-state index in [1.165, 1.54) is 6.07 Å². The van der Waals surface area contributed by atoms with Crippen molar-refractivity contribution >= 4 is 11.8 Å². The van der Waals surface area contributed by atoms with Crippen LogP contribution >= 0.6 is 0 Å². The Morgan fingerprint density at radius 3 is 2.58 bits per heavy atom. The molecule has 3 N–H and O–H groups in total. The molecule has 1 aromatic heterocycles. The van der Waals surface area contributed by atoms with Gasteiger partial charge in [-0.2, -0.15) is 0 Å². The number of hydrogen-bond acceptors (Lipinski definition) is 4. The molecule has 19 heavy (non-hydrogen) atoms. The number of pyridine rings is 1. The Balaban J connectivity index is 1.90. The van der Waals surface area contributed by atoms with Crippen LogP contribution in [0.3, 0.4) is 0 Å². The Morgan fingerprint density at radius 1 is 1.16 bits per heavy atom. The van der Waals surface area contributed by atoms with Gasteiger partial charge in [0.05, 0.1) is 0 Å². The SMILES string of the molecule is O=C(O)c1cccc(NCCc2ccc(O)cc2)n1. The zero-order valence-corrected chi connectivity index (χ0v) is 10.2. The van der Waals surface area contributed by atoms with Crippen LogP contribution in [-0.2, 0) is 6.42 Å². The second kappa shape index (κ2) is 5.86. The van der Waals surface area contributed by atoms with Crippen molar-refractivity contribution in [1.82, 2.24) is 4.98 Å². The smallest absolute Gasteiger partial charge is 0.354 e. The van der Waals surface area contributed by atoms with Gasteiger partial charge in [0.1, 0.15) is 11.6 Å². The van der Waals surface area contributed by atoms with Crippen molar-refractivity contribution in [3.8, 4) is 5.75 Å². The molecule has 2 aromatic rings. The van der Waals surface area contributed by atoms with E-state index in [4.69, 9.17) is 10.2 Å². The lowest BCUT2D eigenvalue weighted by Crippen LogP contribution is -2.08. The topological polar surface area (TPSA) is 82.5 Å². The number of hydrogen-bond donors (Lipinski definition) is 3. The predicted octanol–water partition coefficient (Wildman–Crippen LogP) is 2.14. The number of aromatic hydroxyl groups is 1. The van der Waals surface area contributed by atoms with Crippen LogP contribution in [0.15, 0.2) is 42.5 Å². The summed E-state index contributed by atoms with van der Waals surface area (Å²) < 4.78 is 0. The largest absolute Gasteiger partial charge is 0.508 e. The summed E-state index contributed by atoms with van der Waals surface area (Å²) in [5.41, 5.74) is 1.11. The van der Waals surface area contributed by atoms with Gasteiger partial charge < -0.3 is 15.5 Å². The molecule has 0 aliphatic carbocycles. The van der Waals surface area contributed by atoms with Gasteiger partial charge in [-0.15, -0.1) is 0 Å². The summed E-state index contributed by atoms with van der Waals surface area (Å²) >= 11 is 0. The third-order valence-corrected chi connectivity index (χ3v) is 2.62. The first-order valence-electron chi connectivity index (χ1n) is 5.87. The number of aromatic carboxylic acids is 1. The van der Waals surface area contributed by atoms with Crippen molar-refractivity contribution in [3.63, 3.8) is 0 Å². The molecule has 0 saturated carbocycles. The summed E-state index contributed by atoms with van der Waals surface area (Å²) in [4.78, 5) is 14.7. The monoisotopic (exact) mass is 258 g/mol. The van der Waals surface area contributed by atoms with E-state index in [9.17, 15) is 4.79 Å². The molecule has 0 bridgehead atoms. The number of nitrogens with one attached hydrogen (secondary N) is 1. The second-order valence-corrected chi connectivity index (χ2v) is 4.06. The molecule has 0 aliphatic rings. The summed E-state index contributed by atoms with van der Waals surface area (Å²) in [6.45, 7) is 0.640. The number of phenolic OH excluding ortho intramolecular Hbond substituents is 1. The van der Waals surface area contributed by atoms with Crippen LogP contribution in [-0.4, -0.2) is 27.7 Å². The molecular weight excluding hydrogens is 244 g/mol. The fourth-order valence-electron chi connectivity index (χ4n) is 1.65. The molecule has 1 aromatic carbocycles. The van der Waals surface area contributed by atoms with Gasteiger partial charge in [-0.05, 0) is 36.2 Å². The van der Waals surface area contributed by atoms with Crippen LogP contribution < -0.4 is 5.32 Å². The minimum atomic E-state index is -1.04. The van der Waals surface area contributed by atoms with E-state index in [1.807, 2.05) is 12.1 Å². The van der Waals surface area contributed by atoms with Gasteiger partial charge in [-0.3, -0.25) is 0 Å². The number of nitrogens with zero attached hydrogens (tertiary/aromatic N) is 1. The molecule has 0 saturated heterocycles. The van der Waals surface area contributed by atoms with Crippen LogP contribution in [0.25, 0.3) is 0 Å². The summed E-state index contributed by atoms with van der Waals surface area (Å²) in [7, 11) is 0. The molecule has 0 radical (unpaired) electrons. The molecule has 0 unspecified atom stereocenters. The number of anilines is 1. The number of rotatable bonds is 5. The number of carboxylic acid groups (broad SMARTS) is 1. The van der Waals surface area contributed by atoms with Gasteiger partial charge in [-0.25, -0.2) is 9.78 Å². The molecule has 0 atom stereocenters. The average Bonchev–Trinajstić information content (AvgIpc) is 2.41. The lowest BCUT2D eigenvalue weighted by molar-refractivity contribution is 0.0690. The summed E-state index contributed by atoms with van der Waals surface area (Å²) in [6.07, 6.45) is 0.763. The van der Waals surface area contributed by atoms with Gasteiger partial charge in [0, 0.05) is 6.54 Å². The van der Waals surface area contributed by atoms with E-state index in [1.54, 1.807) is 24.3 Å². The molecule has 0 aliphatic heterocycles. The Labute approximate surface area is 110 Å². The minimum Gasteiger partial charge on any atom is -0.508 e. The van der Waals surface area contributed by atoms with Crippen LogP contribution in [0.2, 0.25) is 0 Å². The first-order valence-corrected chi connectivity index (χ1v) is 5.87. The molecule has 0 spiro atoms. The fraction of sp³-hybridized carbons (Fsp3) is 0.143. The Kier molecular flexibility index (Phi) is 3.97. The van der Waals surface area contributed by atoms with Gasteiger partial charge in [-0.1, -0.05) is 18.2 Å². The van der Waals surface area contributed by atoms with Gasteiger partial charge >= 0.3 is 5.97 Å². The number of phenols is 1. The predicted molar refractivity (Wildman–Crippen MR) is 71.5 cm³/mol. The maximum absolute atomic E-state index is 10.8. The van der Waals surface area contributed by atoms with Gasteiger partial charge in [0.25, 0.3) is 0 Å². The van der Waals surface area contributed by atoms with Gasteiger partial charge in [0.15, 0.2) is 5.69 Å². The Morgan fingerprint density at radius 2 is 1.89 bits per heavy atom. The Bertz CT molecular complexity index is 567. The van der Waals surface area contributed by atoms with Crippen molar-refractivity contribution in [1.29, 1.82) is 0 Å². The normalized spacial score (nSPS) is 10.1. The summed E-state index contributed by atoms with van der Waals surface area (Å²) in [5, 5.41) is 21.1. The van der Waals surface area contributed by atoms with E-state index in [2.05, 4.69) is 10.3 Å². The average molecular weight is 258 g/mol. The lowest BCUT2D eigenvalue weighted by Gasteiger charge is -2.06. The molecule has 1 heterocycles. The van der Waals surface area contributed by atoms with E-state index >= 15 is 0 Å². The highest BCUT2D eigenvalue weighted by Gasteiger charge is 2.04. The summed E-state index contributed by atoms with van der Waals surface area (Å²) in [6, 6.07) is 11.8. The molecule has 0 fully saturated rings. The van der Waals surface area contributed by atoms with Crippen molar-refractivity contribution in [3.05, 3.63) is 53.7 Å². The van der Waals surface area contributed by atoms with E-state index in [0.29, 0.717) is 12.4 Å². The number of carbonyl (C=O) groups is 1. The van der Waals surface area contributed by atoms with Crippen molar-refractivity contribution in [2.75, 3.05) is 11.9 Å². The van der Waals surface area contributed by atoms with Crippen LogP contribution in [0.5, 0.6) is 5.75 Å². The van der Waals surface area contributed by atoms with Crippen LogP contribution in [0.4, 0.5) is 5.82 Å². The number of benzene rings is 1. The number of carboxylic acids is 1. The molecule has 5 heteroatoms. The number of aromatic nitrogens is 1. The van der Waals surface area contributed by atoms with Crippen molar-refractivity contribution in [2.45, 2.75) is 6.42 Å². The third-order valence-electron chi connectivity index (χ3n) is 2.62. The van der Waals surface area contributed by atoms with Crippen molar-refractivity contribution < 1.29 is 15.0 Å². The highest BCUT2D eigenvalue weighted by Crippen LogP contribution is 2.10. The van der Waals surface area contributed by atoms with E-state index in [-0.39, 0.29) is 11.4 Å². The van der Waals surface area contributed by atoms with Crippen LogP contribution in [0.1, 0.15) is 16.1 Å². The molecular formula is C14H14N2O3. The quantitative estimate of drug-likeness (QED) is 0.765. The molecule has 2 rings (SSSR count). The lowest BCUT2D eigenvalue weighted by atomic mass is 10.1. The third kappa shape index (κ3) is 3.70. The van der Waals surface area contributed by atoms with E-state index in [0.717, 1.165) is 12.0 Å². The zero-order valence-electron chi connectivity index (χ0n) is 10.2. The molecule has 5 nitrogen and oxygen atoms in total. The van der Waals surface area contributed by atoms with Crippen molar-refractivity contribution in [2.24, 2.45) is 0 Å². The van der Waals surface area contributed by atoms with Crippen LogP contribution in [0, 0.1) is 0 Å². The summed E-state index contributed by atoms with van der Waals surface area (Å²) in [5.74, 6) is -0.256. The van der Waals surface area contributed by atoms with E-state index < -0.39 is 5.97 Å². The molecule has 98 valence electrons. The highest BCUT2D eigenvalue weighted by atomic mass is 16.4. The zero-order chi connectivity index (χ0) is 13.7. The maximum Gasteiger partial charge on any atom is 0.354 e. The standard InChI is InChI=1S/C14H14N2O3/c17-11-6-4-10(5-7-11)8-9-15-13-3-1-2-12(16-13)14(18)19/h1-7,17H,8-9H2,(H,15,16)(H,18,19). The first-order chi connectivity index (χ1) is 9.15.